The van der Waals surface area contributed by atoms with Gasteiger partial charge in [0.15, 0.2) is 0 Å². The Labute approximate surface area is 157 Å². The molecule has 0 aliphatic rings. The summed E-state index contributed by atoms with van der Waals surface area (Å²) >= 11 is 5.78. The van der Waals surface area contributed by atoms with E-state index in [9.17, 15) is 13.2 Å². The van der Waals surface area contributed by atoms with Crippen molar-refractivity contribution in [2.75, 3.05) is 27.4 Å². The first-order chi connectivity index (χ1) is 12.3. The fraction of sp³-hybridized carbons (Fsp3) is 0.235. The van der Waals surface area contributed by atoms with Gasteiger partial charge < -0.3 is 9.47 Å². The van der Waals surface area contributed by atoms with Crippen LogP contribution < -0.4 is 4.74 Å². The molecule has 140 valence electrons. The third kappa shape index (κ3) is 5.18. The summed E-state index contributed by atoms with van der Waals surface area (Å²) in [5, 5.41) is 0.595. The van der Waals surface area contributed by atoms with Gasteiger partial charge in [-0.3, -0.25) is 4.84 Å². The summed E-state index contributed by atoms with van der Waals surface area (Å²) in [4.78, 5) is 16.7. The van der Waals surface area contributed by atoms with Crippen LogP contribution in [0.1, 0.15) is 10.4 Å². The first kappa shape index (κ1) is 20.2. The number of nitrogens with zero attached hydrogens (tertiary/aromatic N) is 1. The number of benzene rings is 2. The van der Waals surface area contributed by atoms with E-state index in [0.717, 1.165) is 0 Å². The Morgan fingerprint density at radius 3 is 2.46 bits per heavy atom. The van der Waals surface area contributed by atoms with Crippen LogP contribution in [0.25, 0.3) is 0 Å². The molecule has 0 aliphatic carbocycles. The maximum Gasteiger partial charge on any atom is 0.338 e. The van der Waals surface area contributed by atoms with Gasteiger partial charge in [-0.1, -0.05) is 22.1 Å². The van der Waals surface area contributed by atoms with Crippen molar-refractivity contribution < 1.29 is 27.5 Å². The van der Waals surface area contributed by atoms with Gasteiger partial charge >= 0.3 is 5.97 Å². The molecule has 0 spiro atoms. The third-order valence-corrected chi connectivity index (χ3v) is 5.29. The Morgan fingerprint density at radius 2 is 1.81 bits per heavy atom. The summed E-state index contributed by atoms with van der Waals surface area (Å²) in [7, 11) is -1.35. The van der Waals surface area contributed by atoms with E-state index < -0.39 is 16.0 Å². The van der Waals surface area contributed by atoms with Crippen molar-refractivity contribution in [3.63, 3.8) is 0 Å². The fourth-order valence-electron chi connectivity index (χ4n) is 1.94. The van der Waals surface area contributed by atoms with Crippen molar-refractivity contribution in [2.45, 2.75) is 4.90 Å². The number of carbonyl (C=O) groups is 1. The fourth-order valence-corrected chi connectivity index (χ4v) is 3.08. The topological polar surface area (TPSA) is 82.1 Å². The average molecular weight is 400 g/mol. The molecule has 0 N–H and O–H groups in total. The van der Waals surface area contributed by atoms with Crippen molar-refractivity contribution in [3.05, 3.63) is 59.1 Å². The Bertz CT molecular complexity index is 854. The summed E-state index contributed by atoms with van der Waals surface area (Å²) in [6.07, 6.45) is 0. The monoisotopic (exact) mass is 399 g/mol. The zero-order valence-corrected chi connectivity index (χ0v) is 15.8. The number of esters is 1. The molecule has 0 unspecified atom stereocenters. The second kappa shape index (κ2) is 9.00. The number of hydrogen-bond acceptors (Lipinski definition) is 6. The molecule has 0 saturated carbocycles. The molecular formula is C17H18ClNO6S. The molecule has 0 atom stereocenters. The molecular weight excluding hydrogens is 382 g/mol. The van der Waals surface area contributed by atoms with Crippen LogP contribution in [0.3, 0.4) is 0 Å². The molecule has 2 rings (SSSR count). The number of rotatable bonds is 8. The second-order valence-electron chi connectivity index (χ2n) is 5.06. The number of hydroxylamine groups is 1. The molecule has 0 aromatic heterocycles. The average Bonchev–Trinajstić information content (AvgIpc) is 2.65. The zero-order valence-electron chi connectivity index (χ0n) is 14.2. The molecule has 7 nitrogen and oxygen atoms in total. The van der Waals surface area contributed by atoms with Gasteiger partial charge in [-0.25, -0.2) is 13.2 Å². The second-order valence-corrected chi connectivity index (χ2v) is 7.44. The predicted octanol–water partition coefficient (Wildman–Crippen LogP) is 2.76. The van der Waals surface area contributed by atoms with Crippen molar-refractivity contribution in [1.29, 1.82) is 0 Å². The highest BCUT2D eigenvalue weighted by molar-refractivity contribution is 7.89. The van der Waals surface area contributed by atoms with Crippen LogP contribution in [0.15, 0.2) is 53.4 Å². The predicted molar refractivity (Wildman–Crippen MR) is 95.6 cm³/mol. The van der Waals surface area contributed by atoms with Crippen LogP contribution in [0.2, 0.25) is 5.02 Å². The summed E-state index contributed by atoms with van der Waals surface area (Å²) in [5.74, 6) is -0.0528. The molecule has 26 heavy (non-hydrogen) atoms. The SMILES string of the molecule is CON(C)S(=O)(=O)c1cccc(C(=O)OCCOc2ccc(Cl)cc2)c1. The minimum absolute atomic E-state index is 0.0103. The minimum atomic E-state index is -3.84. The quantitative estimate of drug-likeness (QED) is 0.385. The lowest BCUT2D eigenvalue weighted by Gasteiger charge is -2.14. The third-order valence-electron chi connectivity index (χ3n) is 3.36. The van der Waals surface area contributed by atoms with Crippen LogP contribution in [-0.4, -0.2) is 46.2 Å². The Hall–Kier alpha value is -2.13. The molecule has 0 amide bonds. The summed E-state index contributed by atoms with van der Waals surface area (Å²) in [6, 6.07) is 12.3. The minimum Gasteiger partial charge on any atom is -0.490 e. The van der Waals surface area contributed by atoms with Crippen LogP contribution >= 0.6 is 11.6 Å². The lowest BCUT2D eigenvalue weighted by Crippen LogP contribution is -2.26. The van der Waals surface area contributed by atoms with Crippen molar-refractivity contribution in [3.8, 4) is 5.75 Å². The molecule has 9 heteroatoms. The van der Waals surface area contributed by atoms with Crippen LogP contribution in [0, 0.1) is 0 Å². The number of hydrogen-bond donors (Lipinski definition) is 0. The zero-order chi connectivity index (χ0) is 19.2. The smallest absolute Gasteiger partial charge is 0.338 e. The summed E-state index contributed by atoms with van der Waals surface area (Å²) in [6.45, 7) is 0.161. The maximum absolute atomic E-state index is 12.2. The molecule has 0 fully saturated rings. The Morgan fingerprint density at radius 1 is 1.12 bits per heavy atom. The number of sulfonamides is 1. The molecule has 0 heterocycles. The summed E-state index contributed by atoms with van der Waals surface area (Å²) in [5.41, 5.74) is 0.113. The number of carbonyl (C=O) groups excluding carboxylic acids is 1. The van der Waals surface area contributed by atoms with Crippen molar-refractivity contribution >= 4 is 27.6 Å². The molecule has 0 bridgehead atoms. The highest BCUT2D eigenvalue weighted by Gasteiger charge is 2.22. The van der Waals surface area contributed by atoms with Gasteiger partial charge in [0.1, 0.15) is 19.0 Å². The van der Waals surface area contributed by atoms with Gasteiger partial charge in [-0.05, 0) is 42.5 Å². The van der Waals surface area contributed by atoms with Gasteiger partial charge in [0.25, 0.3) is 10.0 Å². The van der Waals surface area contributed by atoms with E-state index in [2.05, 4.69) is 0 Å². The molecule has 2 aromatic carbocycles. The van der Waals surface area contributed by atoms with Crippen molar-refractivity contribution in [1.82, 2.24) is 4.47 Å². The lowest BCUT2D eigenvalue weighted by molar-refractivity contribution is -0.0258. The van der Waals surface area contributed by atoms with E-state index in [0.29, 0.717) is 15.2 Å². The molecule has 0 saturated heterocycles. The first-order valence-electron chi connectivity index (χ1n) is 7.53. The molecule has 0 radical (unpaired) electrons. The van der Waals surface area contributed by atoms with E-state index >= 15 is 0 Å². The van der Waals surface area contributed by atoms with Gasteiger partial charge in [-0.2, -0.15) is 0 Å². The normalized spacial score (nSPS) is 11.4. The number of ether oxygens (including phenoxy) is 2. The van der Waals surface area contributed by atoms with Gasteiger partial charge in [0.2, 0.25) is 0 Å². The van der Waals surface area contributed by atoms with Crippen LogP contribution in [-0.2, 0) is 19.6 Å². The maximum atomic E-state index is 12.2. The van der Waals surface area contributed by atoms with E-state index in [-0.39, 0.29) is 23.7 Å². The van der Waals surface area contributed by atoms with E-state index in [4.69, 9.17) is 25.9 Å². The van der Waals surface area contributed by atoms with Gasteiger partial charge in [0, 0.05) is 12.1 Å². The van der Waals surface area contributed by atoms with E-state index in [1.165, 1.54) is 38.4 Å². The largest absolute Gasteiger partial charge is 0.490 e. The Balaban J connectivity index is 1.93. The van der Waals surface area contributed by atoms with E-state index in [1.807, 2.05) is 0 Å². The van der Waals surface area contributed by atoms with Gasteiger partial charge in [-0.15, -0.1) is 0 Å². The van der Waals surface area contributed by atoms with E-state index in [1.54, 1.807) is 24.3 Å². The molecule has 0 aliphatic heterocycles. The standard InChI is InChI=1S/C17H18ClNO6S/c1-19(23-2)26(21,22)16-5-3-4-13(12-16)17(20)25-11-10-24-15-8-6-14(18)7-9-15/h3-9,12H,10-11H2,1-2H3. The highest BCUT2D eigenvalue weighted by atomic mass is 35.5. The summed E-state index contributed by atoms with van der Waals surface area (Å²) < 4.78 is 35.6. The van der Waals surface area contributed by atoms with Crippen molar-refractivity contribution in [2.24, 2.45) is 0 Å². The lowest BCUT2D eigenvalue weighted by atomic mass is 10.2. The Kier molecular flexibility index (Phi) is 6.98. The van der Waals surface area contributed by atoms with Gasteiger partial charge in [0.05, 0.1) is 17.6 Å². The van der Waals surface area contributed by atoms with Crippen LogP contribution in [0.4, 0.5) is 0 Å². The first-order valence-corrected chi connectivity index (χ1v) is 9.35. The molecule has 2 aromatic rings. The van der Waals surface area contributed by atoms with Crippen LogP contribution in [0.5, 0.6) is 5.75 Å². The number of halogens is 1. The highest BCUT2D eigenvalue weighted by Crippen LogP contribution is 2.17.